The molecule has 0 aromatic heterocycles. The molecule has 0 saturated carbocycles. The van der Waals surface area contributed by atoms with Crippen molar-refractivity contribution in [2.75, 3.05) is 0 Å². The molecular weight excluding hydrogens is 408 g/mol. The van der Waals surface area contributed by atoms with E-state index in [1.165, 1.54) is 6.20 Å². The molecule has 0 aliphatic carbocycles. The fourth-order valence-corrected chi connectivity index (χ4v) is 2.57. The van der Waals surface area contributed by atoms with Gasteiger partial charge in [-0.25, -0.2) is 5.01 Å². The summed E-state index contributed by atoms with van der Waals surface area (Å²) in [5.74, 6) is -1.36. The molecule has 11 heteroatoms. The second-order valence-corrected chi connectivity index (χ2v) is 6.54. The first-order chi connectivity index (χ1) is 12.8. The van der Waals surface area contributed by atoms with Gasteiger partial charge >= 0.3 is 12.4 Å². The summed E-state index contributed by atoms with van der Waals surface area (Å²) >= 11 is 3.86. The fourth-order valence-electron chi connectivity index (χ4n) is 2.45. The zero-order chi connectivity index (χ0) is 21.3. The Labute approximate surface area is 161 Å². The molecule has 4 nitrogen and oxygen atoms in total. The summed E-state index contributed by atoms with van der Waals surface area (Å²) in [7, 11) is 0. The number of hydrogen-bond acceptors (Lipinski definition) is 4. The molecule has 2 N–H and O–H groups in total. The van der Waals surface area contributed by atoms with Crippen molar-refractivity contribution >= 4 is 24.2 Å². The molecule has 28 heavy (non-hydrogen) atoms. The van der Waals surface area contributed by atoms with Crippen LogP contribution >= 0.6 is 12.6 Å². The predicted molar refractivity (Wildman–Crippen MR) is 94.0 cm³/mol. The number of allylic oxidation sites excluding steroid dienone is 1. The number of amides is 1. The van der Waals surface area contributed by atoms with Gasteiger partial charge in [0.25, 0.3) is 5.91 Å². The van der Waals surface area contributed by atoms with Gasteiger partial charge in [-0.15, -0.1) is 12.6 Å². The lowest BCUT2D eigenvalue weighted by Gasteiger charge is -2.18. The molecule has 152 valence electrons. The van der Waals surface area contributed by atoms with Gasteiger partial charge in [0, 0.05) is 18.3 Å². The van der Waals surface area contributed by atoms with Gasteiger partial charge in [0.2, 0.25) is 0 Å². The minimum absolute atomic E-state index is 0.0107. The first-order valence-electron chi connectivity index (χ1n) is 7.83. The van der Waals surface area contributed by atoms with Crippen LogP contribution in [0, 0.1) is 5.92 Å². The minimum atomic E-state index is -4.97. The quantitative estimate of drug-likeness (QED) is 0.426. The summed E-state index contributed by atoms with van der Waals surface area (Å²) in [5, 5.41) is 5.16. The largest absolute Gasteiger partial charge is 0.416 e. The van der Waals surface area contributed by atoms with Crippen LogP contribution in [0.25, 0.3) is 0 Å². The molecular formula is C17H15F6N3OS. The van der Waals surface area contributed by atoms with E-state index in [1.54, 1.807) is 13.0 Å². The Kier molecular flexibility index (Phi) is 6.17. The van der Waals surface area contributed by atoms with E-state index in [0.29, 0.717) is 18.6 Å². The Balaban J connectivity index is 2.64. The van der Waals surface area contributed by atoms with Crippen LogP contribution in [0.3, 0.4) is 0 Å². The van der Waals surface area contributed by atoms with E-state index in [2.05, 4.69) is 17.7 Å². The van der Waals surface area contributed by atoms with E-state index >= 15 is 0 Å². The molecule has 0 fully saturated rings. The summed E-state index contributed by atoms with van der Waals surface area (Å²) in [4.78, 5) is 10.9. The van der Waals surface area contributed by atoms with Crippen LogP contribution in [0.5, 0.6) is 0 Å². The van der Waals surface area contributed by atoms with Gasteiger partial charge in [0.05, 0.1) is 21.7 Å². The van der Waals surface area contributed by atoms with E-state index in [1.807, 2.05) is 0 Å². The number of hydrogen-bond donors (Lipinski definition) is 2. The van der Waals surface area contributed by atoms with Crippen molar-refractivity contribution in [1.82, 2.24) is 5.01 Å². The van der Waals surface area contributed by atoms with Crippen LogP contribution in [0.2, 0.25) is 0 Å². The lowest BCUT2D eigenvalue weighted by atomic mass is 9.93. The average Bonchev–Trinajstić information content (AvgIpc) is 2.74. The number of benzene rings is 1. The topological polar surface area (TPSA) is 58.7 Å². The highest BCUT2D eigenvalue weighted by Crippen LogP contribution is 2.37. The van der Waals surface area contributed by atoms with Crippen molar-refractivity contribution in [3.8, 4) is 0 Å². The van der Waals surface area contributed by atoms with Crippen LogP contribution in [0.15, 0.2) is 46.7 Å². The number of nitrogens with zero attached hydrogens (tertiary/aromatic N) is 2. The van der Waals surface area contributed by atoms with Crippen LogP contribution in [-0.4, -0.2) is 16.6 Å². The maximum absolute atomic E-state index is 13.1. The minimum Gasteiger partial charge on any atom is -0.365 e. The number of alkyl halides is 6. The first kappa shape index (κ1) is 21.9. The highest BCUT2D eigenvalue weighted by Gasteiger charge is 2.37. The highest BCUT2D eigenvalue weighted by atomic mass is 32.1. The van der Waals surface area contributed by atoms with Gasteiger partial charge in [-0.05, 0) is 30.2 Å². The summed E-state index contributed by atoms with van der Waals surface area (Å²) < 4.78 is 78.7. The number of halogens is 6. The van der Waals surface area contributed by atoms with Crippen molar-refractivity contribution in [2.24, 2.45) is 16.8 Å². The summed E-state index contributed by atoms with van der Waals surface area (Å²) in [5.41, 5.74) is 1.87. The molecule has 1 heterocycles. The second-order valence-electron chi connectivity index (χ2n) is 6.06. The lowest BCUT2D eigenvalue weighted by Crippen LogP contribution is -2.19. The summed E-state index contributed by atoms with van der Waals surface area (Å²) in [6.07, 6.45) is -5.50. The third-order valence-electron chi connectivity index (χ3n) is 3.83. The van der Waals surface area contributed by atoms with Gasteiger partial charge in [-0.1, -0.05) is 13.0 Å². The zero-order valence-electron chi connectivity index (χ0n) is 14.3. The normalized spacial score (nSPS) is 18.7. The van der Waals surface area contributed by atoms with Gasteiger partial charge in [0.15, 0.2) is 0 Å². The third-order valence-corrected chi connectivity index (χ3v) is 4.16. The van der Waals surface area contributed by atoms with Gasteiger partial charge < -0.3 is 5.73 Å². The average molecular weight is 423 g/mol. The number of carbonyl (C=O) groups excluding carboxylic acids is 1. The number of hydrazone groups is 1. The Morgan fingerprint density at radius 3 is 2.18 bits per heavy atom. The molecule has 1 aromatic rings. The van der Waals surface area contributed by atoms with E-state index in [-0.39, 0.29) is 22.2 Å². The molecule has 0 saturated heterocycles. The van der Waals surface area contributed by atoms with Gasteiger partial charge in [-0.3, -0.25) is 4.79 Å². The predicted octanol–water partition coefficient (Wildman–Crippen LogP) is 4.54. The van der Waals surface area contributed by atoms with Gasteiger partial charge in [0.1, 0.15) is 0 Å². The van der Waals surface area contributed by atoms with Crippen molar-refractivity contribution in [2.45, 2.75) is 25.7 Å². The number of primary amides is 1. The standard InChI is InChI=1S/C17H15F6N3OS/c1-9-3-2-4-26(8-13(28)15(24)27)25-14(9)10-5-11(16(18,19)20)7-12(6-10)17(21,22)23/h2,4-9,28H,3H2,1H3,(H2,24,27)/b13-8+. The monoisotopic (exact) mass is 423 g/mol. The molecule has 1 unspecified atom stereocenters. The SMILES string of the molecule is CC1CC=CN(/C=C(/S)C(N)=O)N=C1c1cc(C(F)(F)F)cc(C(F)(F)F)c1. The zero-order valence-corrected chi connectivity index (χ0v) is 15.2. The Morgan fingerprint density at radius 1 is 1.18 bits per heavy atom. The number of nitrogens with two attached hydrogens (primary N) is 1. The van der Waals surface area contributed by atoms with Crippen LogP contribution in [-0.2, 0) is 17.1 Å². The second kappa shape index (κ2) is 7.90. The molecule has 0 bridgehead atoms. The van der Waals surface area contributed by atoms with Crippen molar-refractivity contribution in [3.63, 3.8) is 0 Å². The molecule has 0 radical (unpaired) electrons. The maximum Gasteiger partial charge on any atom is 0.416 e. The summed E-state index contributed by atoms with van der Waals surface area (Å²) in [6, 6.07) is 1.29. The van der Waals surface area contributed by atoms with Crippen LogP contribution in [0.1, 0.15) is 30.0 Å². The molecule has 1 aliphatic rings. The van der Waals surface area contributed by atoms with Crippen molar-refractivity contribution < 1.29 is 31.1 Å². The summed E-state index contributed by atoms with van der Waals surface area (Å²) in [6.45, 7) is 1.61. The molecule has 0 spiro atoms. The van der Waals surface area contributed by atoms with Gasteiger partial charge in [-0.2, -0.15) is 31.4 Å². The Morgan fingerprint density at radius 2 is 1.71 bits per heavy atom. The molecule has 2 rings (SSSR count). The number of thiol groups is 1. The van der Waals surface area contributed by atoms with E-state index in [0.717, 1.165) is 11.2 Å². The number of carbonyl (C=O) groups is 1. The third kappa shape index (κ3) is 5.31. The lowest BCUT2D eigenvalue weighted by molar-refractivity contribution is -0.143. The van der Waals surface area contributed by atoms with Crippen molar-refractivity contribution in [1.29, 1.82) is 0 Å². The molecule has 1 aromatic carbocycles. The highest BCUT2D eigenvalue weighted by molar-refractivity contribution is 7.85. The first-order valence-corrected chi connectivity index (χ1v) is 8.27. The van der Waals surface area contributed by atoms with Crippen LogP contribution < -0.4 is 5.73 Å². The molecule has 1 aliphatic heterocycles. The van der Waals surface area contributed by atoms with E-state index in [9.17, 15) is 31.1 Å². The van der Waals surface area contributed by atoms with E-state index < -0.39 is 35.3 Å². The smallest absolute Gasteiger partial charge is 0.365 e. The van der Waals surface area contributed by atoms with E-state index in [4.69, 9.17) is 5.73 Å². The number of rotatable bonds is 3. The Bertz CT molecular complexity index is 825. The molecule has 1 amide bonds. The van der Waals surface area contributed by atoms with Crippen LogP contribution in [0.4, 0.5) is 26.3 Å². The van der Waals surface area contributed by atoms with Crippen molar-refractivity contribution in [3.05, 3.63) is 58.3 Å². The molecule has 1 atom stereocenters. The fraction of sp³-hybridized carbons (Fsp3) is 0.294. The Hall–Kier alpha value is -2.43. The maximum atomic E-state index is 13.1.